The molecule has 1 aromatic rings. The first-order chi connectivity index (χ1) is 7.86. The average Bonchev–Trinajstić information content (AvgIpc) is 2.27. The number of benzene rings is 1. The van der Waals surface area contributed by atoms with Crippen molar-refractivity contribution in [2.45, 2.75) is 31.6 Å². The molecule has 0 saturated heterocycles. The van der Waals surface area contributed by atoms with Crippen molar-refractivity contribution in [1.82, 2.24) is 0 Å². The molecule has 0 saturated carbocycles. The monoisotopic (exact) mass is 262 g/mol. The van der Waals surface area contributed by atoms with Crippen LogP contribution in [-0.4, -0.2) is 12.0 Å². The van der Waals surface area contributed by atoms with E-state index in [9.17, 15) is 18.0 Å². The van der Waals surface area contributed by atoms with Gasteiger partial charge in [-0.15, -0.1) is 9.24 Å². The lowest BCUT2D eigenvalue weighted by atomic mass is 10.0. The predicted octanol–water partition coefficient (Wildman–Crippen LogP) is 4.15. The van der Waals surface area contributed by atoms with E-state index in [0.717, 1.165) is 6.42 Å². The van der Waals surface area contributed by atoms with Crippen LogP contribution in [0.2, 0.25) is 0 Å². The summed E-state index contributed by atoms with van der Waals surface area (Å²) in [6.07, 6.45) is -3.13. The van der Waals surface area contributed by atoms with E-state index in [1.54, 1.807) is 9.24 Å². The number of hydrogen-bond acceptors (Lipinski definition) is 1. The van der Waals surface area contributed by atoms with Crippen LogP contribution < -0.4 is 0 Å². The van der Waals surface area contributed by atoms with Crippen LogP contribution >= 0.6 is 9.24 Å². The minimum absolute atomic E-state index is 0.0358. The predicted molar refractivity (Wildman–Crippen MR) is 64.2 cm³/mol. The van der Waals surface area contributed by atoms with E-state index in [4.69, 9.17) is 0 Å². The van der Waals surface area contributed by atoms with Gasteiger partial charge >= 0.3 is 6.18 Å². The first kappa shape index (κ1) is 14.2. The average molecular weight is 262 g/mol. The molecule has 0 aliphatic carbocycles. The number of alkyl halides is 3. The van der Waals surface area contributed by atoms with Crippen LogP contribution in [0.15, 0.2) is 24.3 Å². The molecule has 1 rings (SSSR count). The van der Waals surface area contributed by atoms with Gasteiger partial charge < -0.3 is 0 Å². The summed E-state index contributed by atoms with van der Waals surface area (Å²) in [5, 5.41) is 0. The number of halogens is 3. The van der Waals surface area contributed by atoms with Crippen LogP contribution in [0.3, 0.4) is 0 Å². The lowest BCUT2D eigenvalue weighted by Gasteiger charge is -2.15. The van der Waals surface area contributed by atoms with Gasteiger partial charge in [0.05, 0.1) is 5.66 Å². The van der Waals surface area contributed by atoms with E-state index >= 15 is 0 Å². The van der Waals surface area contributed by atoms with E-state index in [2.05, 4.69) is 0 Å². The molecule has 0 aliphatic heterocycles. The summed E-state index contributed by atoms with van der Waals surface area (Å²) in [6, 6.07) is 5.62. The van der Waals surface area contributed by atoms with Crippen molar-refractivity contribution in [2.24, 2.45) is 0 Å². The van der Waals surface area contributed by atoms with E-state index in [0.29, 0.717) is 12.0 Å². The Bertz CT molecular complexity index is 384. The van der Waals surface area contributed by atoms with E-state index in [1.165, 1.54) is 24.3 Å². The first-order valence-electron chi connectivity index (χ1n) is 5.31. The summed E-state index contributed by atoms with van der Waals surface area (Å²) in [5.74, 6) is -0.0358. The molecule has 5 heteroatoms. The SMILES string of the molecule is CCCC(=O)c1ccc(C(P)C(F)(F)F)cc1. The zero-order valence-electron chi connectivity index (χ0n) is 9.42. The van der Waals surface area contributed by atoms with E-state index < -0.39 is 11.8 Å². The highest BCUT2D eigenvalue weighted by Gasteiger charge is 2.37. The lowest BCUT2D eigenvalue weighted by Crippen LogP contribution is -2.15. The topological polar surface area (TPSA) is 17.1 Å². The van der Waals surface area contributed by atoms with Crippen LogP contribution in [-0.2, 0) is 0 Å². The molecular weight excluding hydrogens is 248 g/mol. The van der Waals surface area contributed by atoms with Gasteiger partial charge in [0.2, 0.25) is 0 Å². The Morgan fingerprint density at radius 2 is 1.82 bits per heavy atom. The Morgan fingerprint density at radius 1 is 1.29 bits per heavy atom. The minimum Gasteiger partial charge on any atom is -0.294 e. The van der Waals surface area contributed by atoms with E-state index in [1.807, 2.05) is 6.92 Å². The van der Waals surface area contributed by atoms with Crippen LogP contribution in [0.25, 0.3) is 0 Å². The summed E-state index contributed by atoms with van der Waals surface area (Å²) >= 11 is 0. The number of carbonyl (C=O) groups is 1. The van der Waals surface area contributed by atoms with Gasteiger partial charge in [-0.2, -0.15) is 13.2 Å². The summed E-state index contributed by atoms with van der Waals surface area (Å²) in [4.78, 5) is 11.5. The third-order valence-electron chi connectivity index (χ3n) is 2.42. The molecule has 17 heavy (non-hydrogen) atoms. The third-order valence-corrected chi connectivity index (χ3v) is 3.18. The van der Waals surface area contributed by atoms with Gasteiger partial charge in [0.15, 0.2) is 5.78 Å². The Kier molecular flexibility index (Phi) is 4.70. The van der Waals surface area contributed by atoms with Gasteiger partial charge in [-0.25, -0.2) is 0 Å². The maximum atomic E-state index is 12.4. The molecule has 1 aromatic carbocycles. The highest BCUT2D eigenvalue weighted by atomic mass is 31.0. The minimum atomic E-state index is -4.28. The lowest BCUT2D eigenvalue weighted by molar-refractivity contribution is -0.130. The fraction of sp³-hybridized carbons (Fsp3) is 0.417. The number of carbonyl (C=O) groups excluding carboxylic acids is 1. The van der Waals surface area contributed by atoms with Crippen molar-refractivity contribution >= 4 is 15.0 Å². The standard InChI is InChI=1S/C12H14F3OP/c1-2-3-10(16)8-4-6-9(7-5-8)11(17)12(13,14)15/h4-7,11H,2-3,17H2,1H3. The number of ketones is 1. The summed E-state index contributed by atoms with van der Waals surface area (Å²) in [7, 11) is 1.77. The molecule has 2 atom stereocenters. The Morgan fingerprint density at radius 3 is 2.24 bits per heavy atom. The molecule has 0 heterocycles. The van der Waals surface area contributed by atoms with Gasteiger partial charge in [-0.3, -0.25) is 4.79 Å². The summed E-state index contributed by atoms with van der Waals surface area (Å²) in [5.41, 5.74) is -0.969. The van der Waals surface area contributed by atoms with Gasteiger partial charge in [-0.05, 0) is 12.0 Å². The van der Waals surface area contributed by atoms with Crippen LogP contribution in [0.1, 0.15) is 41.3 Å². The van der Waals surface area contributed by atoms with Crippen molar-refractivity contribution in [3.8, 4) is 0 Å². The molecule has 1 nitrogen and oxygen atoms in total. The van der Waals surface area contributed by atoms with Crippen molar-refractivity contribution in [2.75, 3.05) is 0 Å². The van der Waals surface area contributed by atoms with Crippen LogP contribution in [0.4, 0.5) is 13.2 Å². The molecular formula is C12H14F3OP. The van der Waals surface area contributed by atoms with Crippen LogP contribution in [0.5, 0.6) is 0 Å². The van der Waals surface area contributed by atoms with Gasteiger partial charge in [-0.1, -0.05) is 31.2 Å². The van der Waals surface area contributed by atoms with Gasteiger partial charge in [0.1, 0.15) is 0 Å². The summed E-state index contributed by atoms with van der Waals surface area (Å²) in [6.45, 7) is 1.88. The number of hydrogen-bond donors (Lipinski definition) is 0. The third kappa shape index (κ3) is 3.81. The largest absolute Gasteiger partial charge is 0.399 e. The van der Waals surface area contributed by atoms with Crippen molar-refractivity contribution in [3.05, 3.63) is 35.4 Å². The molecule has 0 spiro atoms. The highest BCUT2D eigenvalue weighted by Crippen LogP contribution is 2.39. The van der Waals surface area contributed by atoms with Crippen molar-refractivity contribution in [1.29, 1.82) is 0 Å². The normalized spacial score (nSPS) is 13.5. The fourth-order valence-electron chi connectivity index (χ4n) is 1.44. The zero-order valence-corrected chi connectivity index (χ0v) is 10.6. The Balaban J connectivity index is 2.85. The summed E-state index contributed by atoms with van der Waals surface area (Å²) < 4.78 is 37.3. The second kappa shape index (κ2) is 5.63. The van der Waals surface area contributed by atoms with E-state index in [-0.39, 0.29) is 11.3 Å². The van der Waals surface area contributed by atoms with Crippen LogP contribution in [0, 0.1) is 0 Å². The maximum absolute atomic E-state index is 12.4. The van der Waals surface area contributed by atoms with Gasteiger partial charge in [0.25, 0.3) is 0 Å². The zero-order chi connectivity index (χ0) is 13.1. The van der Waals surface area contributed by atoms with Crippen molar-refractivity contribution < 1.29 is 18.0 Å². The molecule has 0 aromatic heterocycles. The number of Topliss-reactive ketones (excluding diaryl/α,β-unsaturated/α-hetero) is 1. The molecule has 0 radical (unpaired) electrons. The fourth-order valence-corrected chi connectivity index (χ4v) is 1.66. The molecule has 0 amide bonds. The molecule has 0 fully saturated rings. The highest BCUT2D eigenvalue weighted by molar-refractivity contribution is 7.17. The Labute approximate surface area is 101 Å². The number of rotatable bonds is 4. The second-order valence-electron chi connectivity index (χ2n) is 3.81. The molecule has 0 N–H and O–H groups in total. The first-order valence-corrected chi connectivity index (χ1v) is 5.98. The molecule has 0 bridgehead atoms. The smallest absolute Gasteiger partial charge is 0.294 e. The molecule has 2 unspecified atom stereocenters. The Hall–Kier alpha value is -0.890. The molecule has 0 aliphatic rings. The second-order valence-corrected chi connectivity index (χ2v) is 4.48. The molecule has 94 valence electrons. The van der Waals surface area contributed by atoms with Crippen molar-refractivity contribution in [3.63, 3.8) is 0 Å². The maximum Gasteiger partial charge on any atom is 0.399 e. The van der Waals surface area contributed by atoms with Gasteiger partial charge in [0, 0.05) is 12.0 Å². The quantitative estimate of drug-likeness (QED) is 0.588.